The van der Waals surface area contributed by atoms with E-state index in [0.29, 0.717) is 17.3 Å². The van der Waals surface area contributed by atoms with Crippen LogP contribution in [-0.2, 0) is 5.54 Å². The zero-order valence-electron chi connectivity index (χ0n) is 22.4. The molecule has 0 aliphatic carbocycles. The summed E-state index contributed by atoms with van der Waals surface area (Å²) in [6.07, 6.45) is 0. The van der Waals surface area contributed by atoms with E-state index in [4.69, 9.17) is 9.84 Å². The van der Waals surface area contributed by atoms with E-state index >= 15 is 4.39 Å². The SMILES string of the molecule is CNc1nn(C(c2ccccc2)(c2ccccc2)c2ccccc2)c2ccc(-c3c(F)cc(F)c(OC)c3F)cc12. The summed E-state index contributed by atoms with van der Waals surface area (Å²) in [6, 6.07) is 36.0. The van der Waals surface area contributed by atoms with Crippen LogP contribution in [0.3, 0.4) is 0 Å². The zero-order chi connectivity index (χ0) is 28.6. The Hall–Kier alpha value is -5.04. The van der Waals surface area contributed by atoms with Gasteiger partial charge < -0.3 is 10.1 Å². The summed E-state index contributed by atoms with van der Waals surface area (Å²) in [5.74, 6) is -3.35. The first kappa shape index (κ1) is 26.2. The number of benzene rings is 5. The Kier molecular flexibility index (Phi) is 6.71. The molecule has 0 aliphatic heterocycles. The molecular weight excluding hydrogens is 523 g/mol. The van der Waals surface area contributed by atoms with Gasteiger partial charge in [-0.3, -0.25) is 0 Å². The second-order valence-electron chi connectivity index (χ2n) is 9.61. The summed E-state index contributed by atoms with van der Waals surface area (Å²) < 4.78 is 51.3. The van der Waals surface area contributed by atoms with Gasteiger partial charge in [-0.2, -0.15) is 5.10 Å². The molecule has 0 aliphatic rings. The van der Waals surface area contributed by atoms with E-state index < -0.39 is 28.7 Å². The maximum Gasteiger partial charge on any atom is 0.191 e. The molecule has 5 aromatic carbocycles. The number of fused-ring (bicyclic) bond motifs is 1. The van der Waals surface area contributed by atoms with Gasteiger partial charge in [0.2, 0.25) is 0 Å². The van der Waals surface area contributed by atoms with Crippen molar-refractivity contribution in [2.75, 3.05) is 19.5 Å². The number of rotatable bonds is 7. The number of aromatic nitrogens is 2. The largest absolute Gasteiger partial charge is 0.491 e. The van der Waals surface area contributed by atoms with E-state index in [1.165, 1.54) is 0 Å². The Morgan fingerprint density at radius 2 is 1.24 bits per heavy atom. The normalized spacial score (nSPS) is 11.5. The van der Waals surface area contributed by atoms with Gasteiger partial charge in [0.05, 0.1) is 18.2 Å². The Morgan fingerprint density at radius 1 is 0.707 bits per heavy atom. The summed E-state index contributed by atoms with van der Waals surface area (Å²) in [4.78, 5) is 0. The van der Waals surface area contributed by atoms with Crippen LogP contribution in [0.5, 0.6) is 5.75 Å². The van der Waals surface area contributed by atoms with Gasteiger partial charge in [-0.25, -0.2) is 17.9 Å². The van der Waals surface area contributed by atoms with Crippen LogP contribution in [0.4, 0.5) is 19.0 Å². The first-order valence-electron chi connectivity index (χ1n) is 13.1. The molecule has 0 atom stereocenters. The number of hydrogen-bond acceptors (Lipinski definition) is 3. The van der Waals surface area contributed by atoms with Crippen LogP contribution < -0.4 is 10.1 Å². The van der Waals surface area contributed by atoms with Crippen LogP contribution in [0.1, 0.15) is 16.7 Å². The number of ether oxygens (including phenoxy) is 1. The Morgan fingerprint density at radius 3 is 1.73 bits per heavy atom. The highest BCUT2D eigenvalue weighted by atomic mass is 19.1. The predicted molar refractivity (Wildman–Crippen MR) is 156 cm³/mol. The molecule has 0 unspecified atom stereocenters. The molecule has 0 amide bonds. The lowest BCUT2D eigenvalue weighted by Crippen LogP contribution is -2.38. The van der Waals surface area contributed by atoms with E-state index in [9.17, 15) is 8.78 Å². The molecule has 0 bridgehead atoms. The monoisotopic (exact) mass is 549 g/mol. The topological polar surface area (TPSA) is 39.1 Å². The summed E-state index contributed by atoms with van der Waals surface area (Å²) in [5, 5.41) is 8.86. The van der Waals surface area contributed by atoms with Crippen molar-refractivity contribution in [2.24, 2.45) is 0 Å². The third kappa shape index (κ3) is 4.12. The van der Waals surface area contributed by atoms with Crippen molar-refractivity contribution >= 4 is 16.7 Å². The zero-order valence-corrected chi connectivity index (χ0v) is 22.4. The van der Waals surface area contributed by atoms with E-state index in [0.717, 1.165) is 29.3 Å². The quantitative estimate of drug-likeness (QED) is 0.205. The summed E-state index contributed by atoms with van der Waals surface area (Å²) in [7, 11) is 2.89. The van der Waals surface area contributed by atoms with Gasteiger partial charge in [-0.1, -0.05) is 97.1 Å². The number of hydrogen-bond donors (Lipinski definition) is 1. The predicted octanol–water partition coefficient (Wildman–Crippen LogP) is 8.01. The molecule has 204 valence electrons. The van der Waals surface area contributed by atoms with Gasteiger partial charge in [-0.05, 0) is 34.4 Å². The summed E-state index contributed by atoms with van der Waals surface area (Å²) >= 11 is 0. The Bertz CT molecular complexity index is 1740. The maximum absolute atomic E-state index is 15.3. The molecule has 1 aromatic heterocycles. The highest BCUT2D eigenvalue weighted by Gasteiger charge is 2.41. The molecule has 0 spiro atoms. The van der Waals surface area contributed by atoms with E-state index in [1.807, 2.05) is 59.3 Å². The maximum atomic E-state index is 15.3. The fraction of sp³-hybridized carbons (Fsp3) is 0.0882. The minimum Gasteiger partial charge on any atom is -0.491 e. The first-order valence-corrected chi connectivity index (χ1v) is 13.1. The highest BCUT2D eigenvalue weighted by Crippen LogP contribution is 2.44. The minimum atomic E-state index is -1.10. The highest BCUT2D eigenvalue weighted by molar-refractivity contribution is 5.94. The molecule has 0 radical (unpaired) electrons. The fourth-order valence-electron chi connectivity index (χ4n) is 5.64. The average Bonchev–Trinajstić information content (AvgIpc) is 3.37. The summed E-state index contributed by atoms with van der Waals surface area (Å²) in [6.45, 7) is 0. The van der Waals surface area contributed by atoms with Crippen LogP contribution in [0.25, 0.3) is 22.0 Å². The summed E-state index contributed by atoms with van der Waals surface area (Å²) in [5.41, 5.74) is 2.63. The van der Waals surface area contributed by atoms with Crippen LogP contribution in [-0.4, -0.2) is 23.9 Å². The van der Waals surface area contributed by atoms with Gasteiger partial charge in [-0.15, -0.1) is 0 Å². The molecule has 1 heterocycles. The molecule has 1 N–H and O–H groups in total. The third-order valence-corrected chi connectivity index (χ3v) is 7.43. The number of nitrogens with one attached hydrogen (secondary N) is 1. The molecule has 4 nitrogen and oxygen atoms in total. The van der Waals surface area contributed by atoms with Crippen LogP contribution in [0.2, 0.25) is 0 Å². The van der Waals surface area contributed by atoms with E-state index in [-0.39, 0.29) is 11.1 Å². The number of halogens is 3. The van der Waals surface area contributed by atoms with Gasteiger partial charge in [0.25, 0.3) is 0 Å². The molecule has 41 heavy (non-hydrogen) atoms. The van der Waals surface area contributed by atoms with E-state index in [1.54, 1.807) is 25.2 Å². The molecule has 6 rings (SSSR count). The average molecular weight is 550 g/mol. The molecule has 7 heteroatoms. The molecule has 0 fully saturated rings. The second kappa shape index (κ2) is 10.5. The lowest BCUT2D eigenvalue weighted by molar-refractivity contribution is 0.357. The minimum absolute atomic E-state index is 0.228. The molecule has 0 saturated carbocycles. The van der Waals surface area contributed by atoms with Crippen LogP contribution in [0, 0.1) is 17.5 Å². The van der Waals surface area contributed by atoms with Crippen molar-refractivity contribution in [1.29, 1.82) is 0 Å². The van der Waals surface area contributed by atoms with Crippen molar-refractivity contribution in [3.05, 3.63) is 149 Å². The fourth-order valence-corrected chi connectivity index (χ4v) is 5.64. The number of methoxy groups -OCH3 is 1. The van der Waals surface area contributed by atoms with Crippen molar-refractivity contribution < 1.29 is 17.9 Å². The second-order valence-corrected chi connectivity index (χ2v) is 9.61. The Labute approximate surface area is 235 Å². The van der Waals surface area contributed by atoms with Crippen molar-refractivity contribution in [2.45, 2.75) is 5.54 Å². The number of anilines is 1. The Balaban J connectivity index is 1.70. The number of nitrogens with zero attached hydrogens (tertiary/aromatic N) is 2. The van der Waals surface area contributed by atoms with Crippen LogP contribution in [0.15, 0.2) is 115 Å². The van der Waals surface area contributed by atoms with Gasteiger partial charge in [0.1, 0.15) is 11.4 Å². The van der Waals surface area contributed by atoms with Gasteiger partial charge in [0.15, 0.2) is 23.2 Å². The lowest BCUT2D eigenvalue weighted by atomic mass is 9.77. The lowest BCUT2D eigenvalue weighted by Gasteiger charge is -2.37. The van der Waals surface area contributed by atoms with Crippen molar-refractivity contribution in [1.82, 2.24) is 9.78 Å². The smallest absolute Gasteiger partial charge is 0.191 e. The standard InChI is InChI=1S/C34H26F3N3O/c1-38-33-26-20-22(30-27(35)21-28(36)32(41-2)31(30)37)18-19-29(26)40(39-33)34(23-12-6-3-7-13-23,24-14-8-4-9-15-24)25-16-10-5-11-17-25/h3-21H,1-2H3,(H,38,39). The van der Waals surface area contributed by atoms with E-state index in [2.05, 4.69) is 41.7 Å². The third-order valence-electron chi connectivity index (χ3n) is 7.43. The molecular formula is C34H26F3N3O. The van der Waals surface area contributed by atoms with Crippen LogP contribution >= 0.6 is 0 Å². The van der Waals surface area contributed by atoms with Gasteiger partial charge in [0, 0.05) is 18.5 Å². The van der Waals surface area contributed by atoms with Crippen molar-refractivity contribution in [3.8, 4) is 16.9 Å². The molecule has 6 aromatic rings. The first-order chi connectivity index (χ1) is 20.0. The molecule has 0 saturated heterocycles. The van der Waals surface area contributed by atoms with Crippen molar-refractivity contribution in [3.63, 3.8) is 0 Å². The van der Waals surface area contributed by atoms with Gasteiger partial charge >= 0.3 is 0 Å².